The molecule has 3 unspecified atom stereocenters. The summed E-state index contributed by atoms with van der Waals surface area (Å²) in [4.78, 5) is 128. The summed E-state index contributed by atoms with van der Waals surface area (Å²) >= 11 is 0. The molecule has 1 aromatic carbocycles. The molecule has 368 valence electrons. The van der Waals surface area contributed by atoms with E-state index in [0.29, 0.717) is 18.4 Å². The average Bonchev–Trinajstić information content (AvgIpc) is 3.25. The quantitative estimate of drug-likeness (QED) is 0.117. The maximum absolute atomic E-state index is 14.9. The fraction of sp³-hybridized carbons (Fsp3) is 0.681. The molecule has 2 saturated heterocycles. The first-order valence-corrected chi connectivity index (χ1v) is 23.2. The molecule has 1 aromatic rings. The number of phenols is 1. The molecule has 19 heteroatoms. The van der Waals surface area contributed by atoms with Gasteiger partial charge in [-0.25, -0.2) is 4.79 Å². The van der Waals surface area contributed by atoms with Crippen LogP contribution in [0.1, 0.15) is 119 Å². The van der Waals surface area contributed by atoms with Crippen LogP contribution in [0.25, 0.3) is 0 Å². The van der Waals surface area contributed by atoms with Crippen LogP contribution in [0.4, 0.5) is 0 Å². The molecule has 2 aliphatic rings. The molecular weight excluding hydrogens is 855 g/mol. The summed E-state index contributed by atoms with van der Waals surface area (Å²) in [6.45, 7) is 15.2. The number of aliphatic hydroxyl groups excluding tert-OH is 1. The minimum absolute atomic E-state index is 0.0157. The molecule has 8 N–H and O–H groups in total. The summed E-state index contributed by atoms with van der Waals surface area (Å²) in [6.07, 6.45) is -2.99. The van der Waals surface area contributed by atoms with Crippen LogP contribution in [-0.4, -0.2) is 129 Å². The zero-order valence-corrected chi connectivity index (χ0v) is 40.1. The van der Waals surface area contributed by atoms with E-state index in [4.69, 9.17) is 10.5 Å². The Morgan fingerprint density at radius 1 is 0.864 bits per heavy atom. The van der Waals surface area contributed by atoms with Crippen molar-refractivity contribution in [2.75, 3.05) is 7.05 Å². The summed E-state index contributed by atoms with van der Waals surface area (Å²) in [5.41, 5.74) is 5.93. The number of carbonyl (C=O) groups is 9. The normalized spacial score (nSPS) is 26.5. The number of primary amides is 1. The number of benzene rings is 1. The first-order valence-electron chi connectivity index (χ1n) is 23.2. The lowest BCUT2D eigenvalue weighted by atomic mass is 9.91. The number of hydrogen-bond donors (Lipinski definition) is 7. The van der Waals surface area contributed by atoms with Gasteiger partial charge < -0.3 is 51.8 Å². The van der Waals surface area contributed by atoms with E-state index < -0.39 is 120 Å². The number of fused-ring (bicyclic) bond motifs is 2. The van der Waals surface area contributed by atoms with Gasteiger partial charge in [-0.15, -0.1) is 0 Å². The van der Waals surface area contributed by atoms with Crippen LogP contribution < -0.4 is 27.0 Å². The molecule has 2 fully saturated rings. The van der Waals surface area contributed by atoms with Crippen LogP contribution in [0.3, 0.4) is 0 Å². The number of hydrogen-bond acceptors (Lipinski definition) is 12. The molecule has 66 heavy (non-hydrogen) atoms. The number of phenolic OH excluding ortho intramolecular Hbond substituents is 1. The second-order valence-electron chi connectivity index (χ2n) is 18.7. The largest absolute Gasteiger partial charge is 0.508 e. The maximum Gasteiger partial charge on any atom is 0.329 e. The number of aromatic hydroxyl groups is 1. The molecule has 11 atom stereocenters. The van der Waals surface area contributed by atoms with Crippen molar-refractivity contribution < 1.29 is 58.1 Å². The van der Waals surface area contributed by atoms with Crippen molar-refractivity contribution in [3.63, 3.8) is 0 Å². The van der Waals surface area contributed by atoms with Gasteiger partial charge in [0, 0.05) is 38.1 Å². The Bertz CT molecular complexity index is 1910. The van der Waals surface area contributed by atoms with Gasteiger partial charge in [-0.2, -0.15) is 0 Å². The number of likely N-dealkylation sites (N-methyl/N-ethyl adjacent to an activating group) is 1. The van der Waals surface area contributed by atoms with E-state index in [2.05, 4.69) is 21.3 Å². The Kier molecular flexibility index (Phi) is 20.6. The van der Waals surface area contributed by atoms with E-state index >= 15 is 0 Å². The topological polar surface area (TPSA) is 284 Å². The fourth-order valence-corrected chi connectivity index (χ4v) is 8.11. The van der Waals surface area contributed by atoms with E-state index in [9.17, 15) is 53.4 Å². The summed E-state index contributed by atoms with van der Waals surface area (Å²) in [7, 11) is 1.39. The van der Waals surface area contributed by atoms with Crippen LogP contribution >= 0.6 is 0 Å². The summed E-state index contributed by atoms with van der Waals surface area (Å²) in [5.74, 6) is -9.78. The van der Waals surface area contributed by atoms with E-state index in [0.717, 1.165) is 4.90 Å². The van der Waals surface area contributed by atoms with Gasteiger partial charge in [-0.1, -0.05) is 80.4 Å². The number of piperidine rings is 1. The fourth-order valence-electron chi connectivity index (χ4n) is 8.11. The highest BCUT2D eigenvalue weighted by molar-refractivity contribution is 5.98. The molecule has 2 bridgehead atoms. The third kappa shape index (κ3) is 14.7. The van der Waals surface area contributed by atoms with Gasteiger partial charge in [0.2, 0.25) is 41.4 Å². The van der Waals surface area contributed by atoms with Gasteiger partial charge in [0.25, 0.3) is 0 Å². The Hall–Kier alpha value is -5.59. The van der Waals surface area contributed by atoms with Crippen LogP contribution in [0, 0.1) is 29.6 Å². The molecule has 0 aliphatic carbocycles. The van der Waals surface area contributed by atoms with E-state index in [1.54, 1.807) is 67.5 Å². The lowest BCUT2D eigenvalue weighted by Crippen LogP contribution is -2.66. The van der Waals surface area contributed by atoms with Gasteiger partial charge in [0.15, 0.2) is 0 Å². The van der Waals surface area contributed by atoms with Crippen molar-refractivity contribution in [3.8, 4) is 5.75 Å². The number of nitrogens with two attached hydrogens (primary N) is 1. The number of aliphatic hydroxyl groups is 1. The zero-order chi connectivity index (χ0) is 49.7. The lowest BCUT2D eigenvalue weighted by molar-refractivity contribution is -0.168. The minimum Gasteiger partial charge on any atom is -0.508 e. The van der Waals surface area contributed by atoms with Crippen LogP contribution in [0.5, 0.6) is 5.75 Å². The van der Waals surface area contributed by atoms with Crippen LogP contribution in [0.2, 0.25) is 0 Å². The molecule has 0 aromatic heterocycles. The van der Waals surface area contributed by atoms with Crippen molar-refractivity contribution >= 4 is 53.1 Å². The smallest absolute Gasteiger partial charge is 0.329 e. The highest BCUT2D eigenvalue weighted by Crippen LogP contribution is 2.28. The molecule has 0 radical (unpaired) electrons. The Morgan fingerprint density at radius 3 is 2.05 bits per heavy atom. The SMILES string of the molecule is CCC(C)[C@@H]1NC(=O)[C@H](Cc2ccc(O)cc2)N(C)C(=O)[C@H](C(C)CC)N2C(=O)C(CC[C@@H]2O)NC(=O)[C@H](CC(C)C)NC(=O)[C@H](NC(=O)[C@H](CCC(N)=O)CC(=O)C(C)C)[C@@H](C)OC1=O. The summed E-state index contributed by atoms with van der Waals surface area (Å²) in [6, 6.07) is -2.31. The van der Waals surface area contributed by atoms with Crippen molar-refractivity contribution in [1.29, 1.82) is 0 Å². The first kappa shape index (κ1) is 54.7. The predicted octanol–water partition coefficient (Wildman–Crippen LogP) is 1.59. The number of carbonyl (C=O) groups excluding carboxylic acids is 9. The van der Waals surface area contributed by atoms with Crippen molar-refractivity contribution in [2.24, 2.45) is 35.3 Å². The number of amides is 7. The van der Waals surface area contributed by atoms with Crippen molar-refractivity contribution in [1.82, 2.24) is 31.1 Å². The second-order valence-corrected chi connectivity index (χ2v) is 18.7. The molecule has 0 spiro atoms. The van der Waals surface area contributed by atoms with E-state index in [-0.39, 0.29) is 62.4 Å². The van der Waals surface area contributed by atoms with Crippen molar-refractivity contribution in [2.45, 2.75) is 169 Å². The van der Waals surface area contributed by atoms with Gasteiger partial charge in [0.1, 0.15) is 60.1 Å². The summed E-state index contributed by atoms with van der Waals surface area (Å²) in [5, 5.41) is 32.2. The highest BCUT2D eigenvalue weighted by Gasteiger charge is 2.47. The molecule has 2 heterocycles. The number of nitrogens with zero attached hydrogens (tertiary/aromatic N) is 2. The number of esters is 1. The standard InChI is InChI=1S/C47H73N7O12/c1-11-26(7)38-47(65)66-28(9)39(52-41(59)30(15-19-36(48)57)23-35(56)25(5)6)44(62)50-33(21-24(3)4)42(60)49-32-18-20-37(58)54(45(32)63)40(27(8)12-2)46(64)53(10)34(43(61)51-38)22-29-13-16-31(55)17-14-29/h13-14,16-17,24-28,30,32-34,37-40,55,58H,11-12,15,18-23H2,1-10H3,(H2,48,57)(H,49,60)(H,50,62)(H,51,61)(H,52,59)/t26?,27?,28-,30-,32?,33+,34+,37+,38+,39-,40+/m1/s1. The predicted molar refractivity (Wildman–Crippen MR) is 242 cm³/mol. The minimum atomic E-state index is -1.70. The monoisotopic (exact) mass is 928 g/mol. The van der Waals surface area contributed by atoms with Gasteiger partial charge in [0.05, 0.1) is 0 Å². The van der Waals surface area contributed by atoms with Crippen LogP contribution in [0.15, 0.2) is 24.3 Å². The average molecular weight is 928 g/mol. The number of nitrogens with one attached hydrogen (secondary N) is 4. The molecule has 7 amide bonds. The zero-order valence-electron chi connectivity index (χ0n) is 40.1. The first-order chi connectivity index (χ1) is 30.9. The molecular formula is C47H73N7O12. The van der Waals surface area contributed by atoms with Gasteiger partial charge >= 0.3 is 5.97 Å². The maximum atomic E-state index is 14.9. The molecule has 2 aliphatic heterocycles. The van der Waals surface area contributed by atoms with Gasteiger partial charge in [-0.05, 0) is 68.1 Å². The van der Waals surface area contributed by atoms with Crippen molar-refractivity contribution in [3.05, 3.63) is 29.8 Å². The molecule has 19 nitrogen and oxygen atoms in total. The molecule has 0 saturated carbocycles. The summed E-state index contributed by atoms with van der Waals surface area (Å²) < 4.78 is 5.93. The van der Waals surface area contributed by atoms with Gasteiger partial charge in [-0.3, -0.25) is 38.4 Å². The number of cyclic esters (lactones) is 1. The number of ether oxygens (including phenoxy) is 1. The third-order valence-corrected chi connectivity index (χ3v) is 12.8. The third-order valence-electron chi connectivity index (χ3n) is 12.8. The number of rotatable bonds is 16. The second kappa shape index (κ2) is 24.8. The Morgan fingerprint density at radius 2 is 1.48 bits per heavy atom. The van der Waals surface area contributed by atoms with Crippen LogP contribution in [-0.2, 0) is 54.3 Å². The number of Topliss-reactive ketones (excluding diaryl/α,β-unsaturated/α-hetero) is 1. The Balaban J connectivity index is 2.27. The lowest BCUT2D eigenvalue weighted by Gasteiger charge is -2.44. The van der Waals surface area contributed by atoms with E-state index in [1.807, 2.05) is 0 Å². The number of ketones is 1. The van der Waals surface area contributed by atoms with E-state index in [1.165, 1.54) is 31.0 Å². The molecule has 3 rings (SSSR count). The highest BCUT2D eigenvalue weighted by atomic mass is 16.5. The Labute approximate surface area is 388 Å².